The van der Waals surface area contributed by atoms with Crippen molar-refractivity contribution >= 4 is 27.3 Å². The smallest absolute Gasteiger partial charge is 0.264 e. The molecule has 0 saturated carbocycles. The van der Waals surface area contributed by atoms with E-state index in [0.717, 1.165) is 36.2 Å². The third-order valence-corrected chi connectivity index (χ3v) is 7.18. The summed E-state index contributed by atoms with van der Waals surface area (Å²) in [5.74, 6) is 0.0965. The van der Waals surface area contributed by atoms with Crippen molar-refractivity contribution in [2.75, 3.05) is 15.7 Å². The second-order valence-corrected chi connectivity index (χ2v) is 8.78. The predicted octanol–water partition coefficient (Wildman–Crippen LogP) is 3.34. The Kier molecular flexibility index (Phi) is 4.23. The lowest BCUT2D eigenvalue weighted by atomic mass is 9.99. The summed E-state index contributed by atoms with van der Waals surface area (Å²) in [5.41, 5.74) is 2.59. The molecule has 1 fully saturated rings. The van der Waals surface area contributed by atoms with Gasteiger partial charge in [-0.1, -0.05) is 18.2 Å². The van der Waals surface area contributed by atoms with Gasteiger partial charge in [0.15, 0.2) is 0 Å². The van der Waals surface area contributed by atoms with Gasteiger partial charge in [0.2, 0.25) is 5.91 Å². The number of rotatable bonds is 3. The van der Waals surface area contributed by atoms with E-state index in [-0.39, 0.29) is 16.8 Å². The molecule has 2 heterocycles. The molecule has 2 aliphatic heterocycles. The summed E-state index contributed by atoms with van der Waals surface area (Å²) in [6.07, 6.45) is 3.10. The molecule has 2 aromatic rings. The number of anilines is 2. The zero-order chi connectivity index (χ0) is 18.3. The molecule has 136 valence electrons. The van der Waals surface area contributed by atoms with Gasteiger partial charge in [0.1, 0.15) is 0 Å². The number of benzene rings is 2. The normalized spacial score (nSPS) is 20.3. The minimum absolute atomic E-state index is 0.0882. The van der Waals surface area contributed by atoms with E-state index in [2.05, 4.69) is 0 Å². The molecule has 0 bridgehead atoms. The Labute approximate surface area is 154 Å². The average molecular weight is 370 g/mol. The SMILES string of the molecule is C[C@@H]1CCc2ccccc2N1S(=O)(=O)c1ccc(N2CCCC2=O)cc1. The summed E-state index contributed by atoms with van der Waals surface area (Å²) in [6, 6.07) is 14.3. The van der Waals surface area contributed by atoms with Gasteiger partial charge >= 0.3 is 0 Å². The number of nitrogens with zero attached hydrogens (tertiary/aromatic N) is 2. The molecule has 0 spiro atoms. The highest BCUT2D eigenvalue weighted by Crippen LogP contribution is 2.35. The lowest BCUT2D eigenvalue weighted by molar-refractivity contribution is -0.117. The number of aryl methyl sites for hydroxylation is 1. The van der Waals surface area contributed by atoms with Crippen LogP contribution in [0.15, 0.2) is 53.4 Å². The average Bonchev–Trinajstić information content (AvgIpc) is 3.07. The van der Waals surface area contributed by atoms with Crippen molar-refractivity contribution in [2.24, 2.45) is 0 Å². The first-order valence-electron chi connectivity index (χ1n) is 9.01. The number of hydrogen-bond acceptors (Lipinski definition) is 3. The maximum Gasteiger partial charge on any atom is 0.264 e. The van der Waals surface area contributed by atoms with Crippen molar-refractivity contribution < 1.29 is 13.2 Å². The zero-order valence-corrected chi connectivity index (χ0v) is 15.6. The molecule has 1 atom stereocenters. The summed E-state index contributed by atoms with van der Waals surface area (Å²) in [6.45, 7) is 2.65. The van der Waals surface area contributed by atoms with Crippen molar-refractivity contribution in [1.29, 1.82) is 0 Å². The zero-order valence-electron chi connectivity index (χ0n) is 14.8. The third-order valence-electron chi connectivity index (χ3n) is 5.24. The van der Waals surface area contributed by atoms with E-state index in [0.29, 0.717) is 13.0 Å². The molecule has 2 aliphatic rings. The summed E-state index contributed by atoms with van der Waals surface area (Å²) < 4.78 is 28.1. The van der Waals surface area contributed by atoms with Crippen molar-refractivity contribution in [3.8, 4) is 0 Å². The highest BCUT2D eigenvalue weighted by atomic mass is 32.2. The second-order valence-electron chi connectivity index (χ2n) is 6.96. The lowest BCUT2D eigenvalue weighted by Gasteiger charge is -2.36. The van der Waals surface area contributed by atoms with Crippen LogP contribution in [-0.4, -0.2) is 26.9 Å². The number of amides is 1. The molecule has 0 unspecified atom stereocenters. The maximum atomic E-state index is 13.3. The van der Waals surface area contributed by atoms with Gasteiger partial charge in [-0.15, -0.1) is 0 Å². The van der Waals surface area contributed by atoms with Crippen LogP contribution in [0.5, 0.6) is 0 Å². The first-order valence-corrected chi connectivity index (χ1v) is 10.5. The van der Waals surface area contributed by atoms with Crippen molar-refractivity contribution in [3.05, 3.63) is 54.1 Å². The molecule has 4 rings (SSSR count). The molecule has 0 aliphatic carbocycles. The first kappa shape index (κ1) is 17.1. The minimum atomic E-state index is -3.65. The van der Waals surface area contributed by atoms with Gasteiger partial charge in [-0.3, -0.25) is 9.10 Å². The Morgan fingerprint density at radius 1 is 1.00 bits per heavy atom. The van der Waals surface area contributed by atoms with Crippen LogP contribution in [-0.2, 0) is 21.2 Å². The molecule has 26 heavy (non-hydrogen) atoms. The number of fused-ring (bicyclic) bond motifs is 1. The van der Waals surface area contributed by atoms with Crippen LogP contribution in [0.1, 0.15) is 31.7 Å². The van der Waals surface area contributed by atoms with Crippen LogP contribution >= 0.6 is 0 Å². The quantitative estimate of drug-likeness (QED) is 0.833. The van der Waals surface area contributed by atoms with Crippen LogP contribution in [0.2, 0.25) is 0 Å². The van der Waals surface area contributed by atoms with Crippen LogP contribution in [0.25, 0.3) is 0 Å². The van der Waals surface area contributed by atoms with Crippen molar-refractivity contribution in [1.82, 2.24) is 0 Å². The number of carbonyl (C=O) groups excluding carboxylic acids is 1. The van der Waals surface area contributed by atoms with Crippen molar-refractivity contribution in [2.45, 2.75) is 43.5 Å². The van der Waals surface area contributed by atoms with E-state index in [1.807, 2.05) is 31.2 Å². The Bertz CT molecular complexity index is 938. The Morgan fingerprint density at radius 3 is 2.42 bits per heavy atom. The molecule has 1 amide bonds. The fraction of sp³-hybridized carbons (Fsp3) is 0.350. The first-order chi connectivity index (χ1) is 12.5. The fourth-order valence-corrected chi connectivity index (χ4v) is 5.58. The Hall–Kier alpha value is -2.34. The molecule has 2 aromatic carbocycles. The van der Waals surface area contributed by atoms with Gasteiger partial charge in [-0.05, 0) is 62.1 Å². The number of carbonyl (C=O) groups is 1. The van der Waals surface area contributed by atoms with E-state index in [4.69, 9.17) is 0 Å². The van der Waals surface area contributed by atoms with Gasteiger partial charge in [-0.25, -0.2) is 8.42 Å². The van der Waals surface area contributed by atoms with E-state index < -0.39 is 10.0 Å². The highest BCUT2D eigenvalue weighted by Gasteiger charge is 2.33. The maximum absolute atomic E-state index is 13.3. The fourth-order valence-electron chi connectivity index (χ4n) is 3.86. The number of para-hydroxylation sites is 1. The van der Waals surface area contributed by atoms with E-state index in [1.54, 1.807) is 33.5 Å². The Balaban J connectivity index is 1.70. The number of sulfonamides is 1. The topological polar surface area (TPSA) is 57.7 Å². The third kappa shape index (κ3) is 2.78. The second kappa shape index (κ2) is 6.43. The summed E-state index contributed by atoms with van der Waals surface area (Å²) in [5, 5.41) is 0. The molecule has 5 nitrogen and oxygen atoms in total. The van der Waals surface area contributed by atoms with Crippen LogP contribution in [0.3, 0.4) is 0 Å². The van der Waals surface area contributed by atoms with Crippen LogP contribution < -0.4 is 9.21 Å². The van der Waals surface area contributed by atoms with E-state index in [9.17, 15) is 13.2 Å². The standard InChI is InChI=1S/C20H22N2O3S/c1-15-8-9-16-5-2-3-6-19(16)22(15)26(24,25)18-12-10-17(11-13-18)21-14-4-7-20(21)23/h2-3,5-6,10-13,15H,4,7-9,14H2,1H3/t15-/m1/s1. The molecular weight excluding hydrogens is 348 g/mol. The molecule has 0 radical (unpaired) electrons. The number of hydrogen-bond donors (Lipinski definition) is 0. The monoisotopic (exact) mass is 370 g/mol. The largest absolute Gasteiger partial charge is 0.312 e. The van der Waals surface area contributed by atoms with E-state index in [1.165, 1.54) is 0 Å². The van der Waals surface area contributed by atoms with Crippen molar-refractivity contribution in [3.63, 3.8) is 0 Å². The van der Waals surface area contributed by atoms with Gasteiger partial charge in [0.05, 0.1) is 10.6 Å². The molecule has 0 N–H and O–H groups in total. The molecule has 0 aromatic heterocycles. The van der Waals surface area contributed by atoms with Gasteiger partial charge in [0.25, 0.3) is 10.0 Å². The predicted molar refractivity (Wildman–Crippen MR) is 102 cm³/mol. The highest BCUT2D eigenvalue weighted by molar-refractivity contribution is 7.92. The summed E-state index contributed by atoms with van der Waals surface area (Å²) in [7, 11) is -3.65. The van der Waals surface area contributed by atoms with Crippen LogP contribution in [0.4, 0.5) is 11.4 Å². The van der Waals surface area contributed by atoms with Gasteiger partial charge in [-0.2, -0.15) is 0 Å². The van der Waals surface area contributed by atoms with Gasteiger partial charge in [0, 0.05) is 24.7 Å². The Morgan fingerprint density at radius 2 is 1.73 bits per heavy atom. The molecule has 1 saturated heterocycles. The van der Waals surface area contributed by atoms with Gasteiger partial charge < -0.3 is 4.90 Å². The molecular formula is C20H22N2O3S. The van der Waals surface area contributed by atoms with E-state index >= 15 is 0 Å². The van der Waals surface area contributed by atoms with Crippen LogP contribution in [0, 0.1) is 0 Å². The molecule has 6 heteroatoms. The summed E-state index contributed by atoms with van der Waals surface area (Å²) in [4.78, 5) is 13.9. The minimum Gasteiger partial charge on any atom is -0.312 e. The lowest BCUT2D eigenvalue weighted by Crippen LogP contribution is -2.42. The summed E-state index contributed by atoms with van der Waals surface area (Å²) >= 11 is 0.